The van der Waals surface area contributed by atoms with Gasteiger partial charge >= 0.3 is 0 Å². The molecule has 0 saturated carbocycles. The molecule has 0 spiro atoms. The Kier molecular flexibility index (Phi) is 3.03. The van der Waals surface area contributed by atoms with Crippen molar-refractivity contribution in [3.8, 4) is 11.1 Å². The molecule has 0 unspecified atom stereocenters. The first kappa shape index (κ1) is 12.0. The standard InChI is InChI=1S/C14H10ClIN2/c1-9-6-11(10-2-4-12(15)5-3-10)8-18-13(16)7-17-14(9)18/h2-8H,1H3. The number of pyridine rings is 1. The Morgan fingerprint density at radius 3 is 2.61 bits per heavy atom. The molecule has 0 bridgehead atoms. The quantitative estimate of drug-likeness (QED) is 0.575. The third kappa shape index (κ3) is 2.01. The summed E-state index contributed by atoms with van der Waals surface area (Å²) >= 11 is 8.21. The van der Waals surface area contributed by atoms with E-state index >= 15 is 0 Å². The molecular formula is C14H10ClIN2. The zero-order valence-corrected chi connectivity index (χ0v) is 12.6. The van der Waals surface area contributed by atoms with Gasteiger partial charge < -0.3 is 0 Å². The number of aromatic nitrogens is 2. The summed E-state index contributed by atoms with van der Waals surface area (Å²) in [4.78, 5) is 4.40. The van der Waals surface area contributed by atoms with Gasteiger partial charge in [-0.1, -0.05) is 23.7 Å². The van der Waals surface area contributed by atoms with Gasteiger partial charge in [0, 0.05) is 11.2 Å². The van der Waals surface area contributed by atoms with Crippen molar-refractivity contribution in [2.24, 2.45) is 0 Å². The maximum Gasteiger partial charge on any atom is 0.140 e. The Balaban J connectivity index is 2.23. The summed E-state index contributed by atoms with van der Waals surface area (Å²) in [5, 5.41) is 0.758. The predicted molar refractivity (Wildman–Crippen MR) is 83.1 cm³/mol. The van der Waals surface area contributed by atoms with E-state index in [1.54, 1.807) is 0 Å². The number of aryl methyl sites for hydroxylation is 1. The largest absolute Gasteiger partial charge is 0.294 e. The number of nitrogens with zero attached hydrogens (tertiary/aromatic N) is 2. The minimum atomic E-state index is 0.758. The highest BCUT2D eigenvalue weighted by molar-refractivity contribution is 14.1. The molecule has 0 aliphatic carbocycles. The van der Waals surface area contributed by atoms with Gasteiger partial charge in [-0.15, -0.1) is 0 Å². The molecule has 0 radical (unpaired) electrons. The van der Waals surface area contributed by atoms with E-state index in [4.69, 9.17) is 11.6 Å². The van der Waals surface area contributed by atoms with Gasteiger partial charge in [0.05, 0.1) is 6.20 Å². The number of imidazole rings is 1. The lowest BCUT2D eigenvalue weighted by atomic mass is 10.1. The van der Waals surface area contributed by atoms with Crippen LogP contribution in [-0.2, 0) is 0 Å². The van der Waals surface area contributed by atoms with Crippen molar-refractivity contribution in [1.82, 2.24) is 9.38 Å². The Bertz CT molecular complexity index is 716. The van der Waals surface area contributed by atoms with Crippen LogP contribution in [0.4, 0.5) is 0 Å². The van der Waals surface area contributed by atoms with Crippen LogP contribution in [0.5, 0.6) is 0 Å². The number of hydrogen-bond acceptors (Lipinski definition) is 1. The third-order valence-electron chi connectivity index (χ3n) is 2.92. The molecule has 0 N–H and O–H groups in total. The van der Waals surface area contributed by atoms with Gasteiger partial charge in [-0.2, -0.15) is 0 Å². The van der Waals surface area contributed by atoms with Crippen LogP contribution in [0, 0.1) is 10.6 Å². The summed E-state index contributed by atoms with van der Waals surface area (Å²) in [6, 6.07) is 10.0. The van der Waals surface area contributed by atoms with Crippen molar-refractivity contribution < 1.29 is 0 Å². The minimum Gasteiger partial charge on any atom is -0.294 e. The fraction of sp³-hybridized carbons (Fsp3) is 0.0714. The first-order valence-corrected chi connectivity index (χ1v) is 7.00. The molecule has 90 valence electrons. The first-order chi connectivity index (χ1) is 8.65. The van der Waals surface area contributed by atoms with E-state index in [1.807, 2.05) is 30.5 Å². The summed E-state index contributed by atoms with van der Waals surface area (Å²) in [6.07, 6.45) is 3.99. The van der Waals surface area contributed by atoms with Gasteiger partial charge in [-0.3, -0.25) is 4.40 Å². The summed E-state index contributed by atoms with van der Waals surface area (Å²) in [6.45, 7) is 2.08. The SMILES string of the molecule is Cc1cc(-c2ccc(Cl)cc2)cn2c(I)cnc12. The molecular weight excluding hydrogens is 359 g/mol. The van der Waals surface area contributed by atoms with Crippen molar-refractivity contribution in [2.75, 3.05) is 0 Å². The third-order valence-corrected chi connectivity index (χ3v) is 3.97. The topological polar surface area (TPSA) is 17.3 Å². The number of benzene rings is 1. The van der Waals surface area contributed by atoms with Crippen molar-refractivity contribution in [3.63, 3.8) is 0 Å². The van der Waals surface area contributed by atoms with Gasteiger partial charge in [-0.25, -0.2) is 4.98 Å². The summed E-state index contributed by atoms with van der Waals surface area (Å²) in [5.41, 5.74) is 4.52. The number of hydrogen-bond donors (Lipinski definition) is 0. The summed E-state index contributed by atoms with van der Waals surface area (Å²) < 4.78 is 3.22. The molecule has 3 aromatic rings. The van der Waals surface area contributed by atoms with E-state index in [9.17, 15) is 0 Å². The average molecular weight is 369 g/mol. The lowest BCUT2D eigenvalue weighted by Crippen LogP contribution is -1.92. The smallest absolute Gasteiger partial charge is 0.140 e. The first-order valence-electron chi connectivity index (χ1n) is 5.54. The van der Waals surface area contributed by atoms with Crippen LogP contribution in [0.2, 0.25) is 5.02 Å². The van der Waals surface area contributed by atoms with E-state index in [0.29, 0.717) is 0 Å². The molecule has 2 heterocycles. The highest BCUT2D eigenvalue weighted by atomic mass is 127. The van der Waals surface area contributed by atoms with Crippen LogP contribution in [0.25, 0.3) is 16.8 Å². The highest BCUT2D eigenvalue weighted by Gasteiger charge is 2.06. The molecule has 0 amide bonds. The van der Waals surface area contributed by atoms with Gasteiger partial charge in [-0.05, 0) is 64.4 Å². The Hall–Kier alpha value is -1.07. The normalized spacial score (nSPS) is 11.1. The second kappa shape index (κ2) is 4.55. The molecule has 4 heteroatoms. The molecule has 0 fully saturated rings. The van der Waals surface area contributed by atoms with Gasteiger partial charge in [0.15, 0.2) is 0 Å². The molecule has 0 atom stereocenters. The van der Waals surface area contributed by atoms with Crippen LogP contribution in [0.3, 0.4) is 0 Å². The van der Waals surface area contributed by atoms with E-state index in [0.717, 1.165) is 19.9 Å². The fourth-order valence-corrected chi connectivity index (χ4v) is 2.66. The zero-order chi connectivity index (χ0) is 12.7. The Morgan fingerprint density at radius 1 is 1.17 bits per heavy atom. The molecule has 1 aromatic carbocycles. The predicted octanol–water partition coefficient (Wildman–Crippen LogP) is 4.57. The van der Waals surface area contributed by atoms with Crippen molar-refractivity contribution in [1.29, 1.82) is 0 Å². The number of halogens is 2. The fourth-order valence-electron chi connectivity index (χ4n) is 2.03. The van der Waals surface area contributed by atoms with Crippen LogP contribution in [0.15, 0.2) is 42.7 Å². The highest BCUT2D eigenvalue weighted by Crippen LogP contribution is 2.25. The molecule has 2 nitrogen and oxygen atoms in total. The van der Waals surface area contributed by atoms with Crippen LogP contribution in [0.1, 0.15) is 5.56 Å². The van der Waals surface area contributed by atoms with Crippen LogP contribution in [-0.4, -0.2) is 9.38 Å². The van der Waals surface area contributed by atoms with Gasteiger partial charge in [0.25, 0.3) is 0 Å². The average Bonchev–Trinajstić information content (AvgIpc) is 2.73. The monoisotopic (exact) mass is 368 g/mol. The van der Waals surface area contributed by atoms with E-state index in [-0.39, 0.29) is 0 Å². The van der Waals surface area contributed by atoms with E-state index in [2.05, 4.69) is 51.2 Å². The number of fused-ring (bicyclic) bond motifs is 1. The molecule has 0 aliphatic heterocycles. The second-order valence-corrected chi connectivity index (χ2v) is 5.73. The van der Waals surface area contributed by atoms with Gasteiger partial charge in [0.2, 0.25) is 0 Å². The van der Waals surface area contributed by atoms with Crippen molar-refractivity contribution >= 4 is 39.8 Å². The summed E-state index contributed by atoms with van der Waals surface area (Å²) in [7, 11) is 0. The Labute approximate surface area is 124 Å². The van der Waals surface area contributed by atoms with Crippen LogP contribution >= 0.6 is 34.2 Å². The second-order valence-electron chi connectivity index (χ2n) is 4.19. The summed E-state index contributed by atoms with van der Waals surface area (Å²) in [5.74, 6) is 0. The molecule has 3 rings (SSSR count). The maximum atomic E-state index is 5.92. The molecule has 2 aromatic heterocycles. The van der Waals surface area contributed by atoms with E-state index < -0.39 is 0 Å². The Morgan fingerprint density at radius 2 is 1.89 bits per heavy atom. The van der Waals surface area contributed by atoms with Crippen LogP contribution < -0.4 is 0 Å². The van der Waals surface area contributed by atoms with Crippen molar-refractivity contribution in [3.05, 3.63) is 57.0 Å². The minimum absolute atomic E-state index is 0.758. The lowest BCUT2D eigenvalue weighted by molar-refractivity contribution is 1.13. The number of rotatable bonds is 1. The molecule has 0 saturated heterocycles. The van der Waals surface area contributed by atoms with Crippen molar-refractivity contribution in [2.45, 2.75) is 6.92 Å². The molecule has 18 heavy (non-hydrogen) atoms. The zero-order valence-electron chi connectivity index (χ0n) is 9.69. The maximum absolute atomic E-state index is 5.92. The molecule has 0 aliphatic rings. The van der Waals surface area contributed by atoms with E-state index in [1.165, 1.54) is 11.1 Å². The lowest BCUT2D eigenvalue weighted by Gasteiger charge is -2.06. The van der Waals surface area contributed by atoms with Gasteiger partial charge in [0.1, 0.15) is 9.35 Å².